The van der Waals surface area contributed by atoms with Gasteiger partial charge in [0.1, 0.15) is 5.82 Å². The normalized spacial score (nSPS) is 11.9. The van der Waals surface area contributed by atoms with Crippen LogP contribution in [0.25, 0.3) is 10.9 Å². The molecule has 0 aliphatic carbocycles. The van der Waals surface area contributed by atoms with Gasteiger partial charge in [0, 0.05) is 18.5 Å². The Labute approximate surface area is 95.1 Å². The molecule has 17 heavy (non-hydrogen) atoms. The Hall–Kier alpha value is -1.96. The molecule has 2 aromatic rings. The lowest BCUT2D eigenvalue weighted by Crippen LogP contribution is -1.98. The molecule has 1 heterocycles. The quantitative estimate of drug-likeness (QED) is 0.654. The molecule has 1 aromatic carbocycles. The minimum absolute atomic E-state index is 0.181. The van der Waals surface area contributed by atoms with Crippen LogP contribution in [0.1, 0.15) is 0 Å². The lowest BCUT2D eigenvalue weighted by atomic mass is 10.2. The molecule has 6 nitrogen and oxygen atoms in total. The molecule has 0 saturated carbocycles. The molecule has 0 aliphatic rings. The smallest absolute Gasteiger partial charge is 0.280 e. The summed E-state index contributed by atoms with van der Waals surface area (Å²) in [6.45, 7) is 0. The highest BCUT2D eigenvalue weighted by Crippen LogP contribution is 2.32. The molecule has 1 aromatic heterocycles. The van der Waals surface area contributed by atoms with E-state index in [1.54, 1.807) is 0 Å². The van der Waals surface area contributed by atoms with E-state index in [9.17, 15) is 22.9 Å². The van der Waals surface area contributed by atoms with Gasteiger partial charge in [-0.1, -0.05) is 0 Å². The molecule has 0 saturated heterocycles. The SMILES string of the molecule is CS(=O)(=O)c1c[nH]c2c(F)ccc([N+](=O)[O-])c12. The van der Waals surface area contributed by atoms with Crippen molar-refractivity contribution in [2.24, 2.45) is 0 Å². The first-order valence-corrected chi connectivity index (χ1v) is 6.35. The first kappa shape index (κ1) is 11.5. The number of fused-ring (bicyclic) bond motifs is 1. The summed E-state index contributed by atoms with van der Waals surface area (Å²) >= 11 is 0. The zero-order chi connectivity index (χ0) is 12.8. The number of H-pyrrole nitrogens is 1. The molecule has 0 radical (unpaired) electrons. The minimum Gasteiger partial charge on any atom is -0.357 e. The van der Waals surface area contributed by atoms with Gasteiger partial charge in [0.2, 0.25) is 0 Å². The van der Waals surface area contributed by atoms with Crippen LogP contribution in [0.5, 0.6) is 0 Å². The van der Waals surface area contributed by atoms with E-state index in [-0.39, 0.29) is 15.8 Å². The van der Waals surface area contributed by atoms with Gasteiger partial charge in [-0.05, 0) is 6.07 Å². The Kier molecular flexibility index (Phi) is 2.39. The van der Waals surface area contributed by atoms with Gasteiger partial charge < -0.3 is 4.98 Å². The Morgan fingerprint density at radius 2 is 2.06 bits per heavy atom. The second kappa shape index (κ2) is 3.52. The fraction of sp³-hybridized carbons (Fsp3) is 0.111. The van der Waals surface area contributed by atoms with Crippen LogP contribution in [0.2, 0.25) is 0 Å². The summed E-state index contributed by atoms with van der Waals surface area (Å²) in [6, 6.07) is 1.86. The number of non-ortho nitro benzene ring substituents is 1. The molecular weight excluding hydrogens is 251 g/mol. The number of nitrogens with zero attached hydrogens (tertiary/aromatic N) is 1. The number of rotatable bonds is 2. The molecule has 8 heteroatoms. The van der Waals surface area contributed by atoms with Crippen LogP contribution in [0, 0.1) is 15.9 Å². The van der Waals surface area contributed by atoms with Crippen molar-refractivity contribution in [1.82, 2.24) is 4.98 Å². The number of nitro groups is 1. The van der Waals surface area contributed by atoms with Crippen LogP contribution in [0.3, 0.4) is 0 Å². The van der Waals surface area contributed by atoms with Crippen LogP contribution in [0.4, 0.5) is 10.1 Å². The maximum Gasteiger partial charge on any atom is 0.280 e. The van der Waals surface area contributed by atoms with Gasteiger partial charge in [-0.25, -0.2) is 12.8 Å². The summed E-state index contributed by atoms with van der Waals surface area (Å²) in [4.78, 5) is 12.2. The fourth-order valence-corrected chi connectivity index (χ4v) is 2.46. The summed E-state index contributed by atoms with van der Waals surface area (Å²) in [5, 5.41) is 10.6. The van der Waals surface area contributed by atoms with Crippen molar-refractivity contribution in [3.8, 4) is 0 Å². The number of nitro benzene ring substituents is 1. The molecule has 2 rings (SSSR count). The van der Waals surface area contributed by atoms with Crippen molar-refractivity contribution in [3.05, 3.63) is 34.3 Å². The molecule has 0 amide bonds. The predicted octanol–water partition coefficient (Wildman–Crippen LogP) is 1.62. The summed E-state index contributed by atoms with van der Waals surface area (Å²) in [5.41, 5.74) is -0.622. The van der Waals surface area contributed by atoms with Gasteiger partial charge in [0.15, 0.2) is 9.84 Å². The third kappa shape index (κ3) is 1.76. The first-order valence-electron chi connectivity index (χ1n) is 4.46. The van der Waals surface area contributed by atoms with Gasteiger partial charge in [0.05, 0.1) is 20.7 Å². The third-order valence-electron chi connectivity index (χ3n) is 2.32. The lowest BCUT2D eigenvalue weighted by molar-refractivity contribution is -0.383. The maximum atomic E-state index is 13.4. The van der Waals surface area contributed by atoms with Crippen molar-refractivity contribution in [2.75, 3.05) is 6.26 Å². The van der Waals surface area contributed by atoms with E-state index in [2.05, 4.69) is 4.98 Å². The summed E-state index contributed by atoms with van der Waals surface area (Å²) in [7, 11) is -3.66. The van der Waals surface area contributed by atoms with Crippen LogP contribution < -0.4 is 0 Å². The van der Waals surface area contributed by atoms with E-state index in [1.165, 1.54) is 0 Å². The molecular formula is C9H7FN2O4S. The van der Waals surface area contributed by atoms with Crippen LogP contribution >= 0.6 is 0 Å². The minimum atomic E-state index is -3.66. The third-order valence-corrected chi connectivity index (χ3v) is 3.44. The van der Waals surface area contributed by atoms with Gasteiger partial charge >= 0.3 is 0 Å². The van der Waals surface area contributed by atoms with E-state index in [1.807, 2.05) is 0 Å². The zero-order valence-electron chi connectivity index (χ0n) is 8.60. The Morgan fingerprint density at radius 1 is 1.41 bits per heavy atom. The topological polar surface area (TPSA) is 93.1 Å². The standard InChI is InChI=1S/C9H7FN2O4S/c1-17(15,16)7-4-11-9-5(10)2-3-6(8(7)9)12(13)14/h2-4,11H,1H3. The number of sulfone groups is 1. The number of hydrogen-bond acceptors (Lipinski definition) is 4. The molecule has 1 N–H and O–H groups in total. The van der Waals surface area contributed by atoms with E-state index < -0.39 is 26.3 Å². The summed E-state index contributed by atoms with van der Waals surface area (Å²) in [6.07, 6.45) is 1.96. The van der Waals surface area contributed by atoms with Crippen molar-refractivity contribution in [3.63, 3.8) is 0 Å². The first-order chi connectivity index (χ1) is 7.82. The van der Waals surface area contributed by atoms with Gasteiger partial charge in [-0.3, -0.25) is 10.1 Å². The van der Waals surface area contributed by atoms with Crippen molar-refractivity contribution in [1.29, 1.82) is 0 Å². The average Bonchev–Trinajstić information content (AvgIpc) is 2.61. The van der Waals surface area contributed by atoms with Crippen LogP contribution in [-0.2, 0) is 9.84 Å². The number of hydrogen-bond donors (Lipinski definition) is 1. The molecule has 0 unspecified atom stereocenters. The van der Waals surface area contributed by atoms with Crippen LogP contribution in [0.15, 0.2) is 23.2 Å². The number of halogens is 1. The Bertz CT molecular complexity index is 720. The summed E-state index contributed by atoms with van der Waals surface area (Å²) < 4.78 is 36.2. The predicted molar refractivity (Wildman–Crippen MR) is 58.0 cm³/mol. The highest BCUT2D eigenvalue weighted by atomic mass is 32.2. The van der Waals surface area contributed by atoms with Crippen molar-refractivity contribution < 1.29 is 17.7 Å². The molecule has 0 bridgehead atoms. The number of benzene rings is 1. The fourth-order valence-electron chi connectivity index (χ4n) is 1.61. The van der Waals surface area contributed by atoms with Gasteiger partial charge in [0.25, 0.3) is 5.69 Å². The van der Waals surface area contributed by atoms with Gasteiger partial charge in [-0.15, -0.1) is 0 Å². The molecule has 0 atom stereocenters. The molecule has 0 spiro atoms. The summed E-state index contributed by atoms with van der Waals surface area (Å²) in [5.74, 6) is -0.736. The van der Waals surface area contributed by atoms with Crippen molar-refractivity contribution >= 4 is 26.4 Å². The van der Waals surface area contributed by atoms with E-state index in [0.717, 1.165) is 24.6 Å². The molecule has 0 aliphatic heterocycles. The maximum absolute atomic E-state index is 13.4. The highest BCUT2D eigenvalue weighted by Gasteiger charge is 2.24. The monoisotopic (exact) mass is 258 g/mol. The average molecular weight is 258 g/mol. The largest absolute Gasteiger partial charge is 0.357 e. The second-order valence-corrected chi connectivity index (χ2v) is 5.48. The van der Waals surface area contributed by atoms with Crippen LogP contribution in [-0.4, -0.2) is 24.6 Å². The zero-order valence-corrected chi connectivity index (χ0v) is 9.41. The number of aromatic amines is 1. The lowest BCUT2D eigenvalue weighted by Gasteiger charge is -1.98. The van der Waals surface area contributed by atoms with E-state index in [4.69, 9.17) is 0 Å². The van der Waals surface area contributed by atoms with Gasteiger partial charge in [-0.2, -0.15) is 0 Å². The number of nitrogens with one attached hydrogen (secondary N) is 1. The van der Waals surface area contributed by atoms with Crippen molar-refractivity contribution in [2.45, 2.75) is 4.90 Å². The van der Waals surface area contributed by atoms with E-state index in [0.29, 0.717) is 0 Å². The second-order valence-electron chi connectivity index (χ2n) is 3.50. The Morgan fingerprint density at radius 3 is 2.59 bits per heavy atom. The Balaban J connectivity index is 3.00. The number of aromatic nitrogens is 1. The van der Waals surface area contributed by atoms with E-state index >= 15 is 0 Å². The molecule has 0 fully saturated rings. The molecule has 90 valence electrons. The highest BCUT2D eigenvalue weighted by molar-refractivity contribution is 7.91.